The molecule has 4 aromatic rings. The van der Waals surface area contributed by atoms with Crippen molar-refractivity contribution in [2.75, 3.05) is 12.4 Å². The van der Waals surface area contributed by atoms with E-state index in [9.17, 15) is 13.2 Å². The van der Waals surface area contributed by atoms with Gasteiger partial charge < -0.3 is 5.32 Å². The van der Waals surface area contributed by atoms with Crippen LogP contribution >= 0.6 is 0 Å². The van der Waals surface area contributed by atoms with Gasteiger partial charge in [-0.15, -0.1) is 0 Å². The summed E-state index contributed by atoms with van der Waals surface area (Å²) in [7, 11) is -2.08. The van der Waals surface area contributed by atoms with Gasteiger partial charge in [0.2, 0.25) is 10.0 Å². The minimum Gasteiger partial charge on any atom is -0.306 e. The molecule has 0 radical (unpaired) electrons. The third-order valence-electron chi connectivity index (χ3n) is 5.33. The van der Waals surface area contributed by atoms with Crippen molar-refractivity contribution in [3.8, 4) is 11.3 Å². The van der Waals surface area contributed by atoms with Gasteiger partial charge in [-0.25, -0.2) is 13.4 Å². The standard InChI is InChI=1S/C24H24N4O3S/c1-17(2)27(3)32(30,31)20-14-12-19(13-15-20)24(29)26-23-22(18-9-5-4-6-10-18)25-21-11-7-8-16-28(21)23/h4-17H,1-3H3,(H,26,29). The fourth-order valence-corrected chi connectivity index (χ4v) is 4.68. The first-order valence-electron chi connectivity index (χ1n) is 10.2. The third-order valence-corrected chi connectivity index (χ3v) is 7.38. The first-order valence-corrected chi connectivity index (χ1v) is 11.6. The lowest BCUT2D eigenvalue weighted by Crippen LogP contribution is -2.33. The summed E-state index contributed by atoms with van der Waals surface area (Å²) in [5.41, 5.74) is 2.59. The van der Waals surface area contributed by atoms with Crippen molar-refractivity contribution in [3.63, 3.8) is 0 Å². The Balaban J connectivity index is 1.67. The average molecular weight is 449 g/mol. The quantitative estimate of drug-likeness (QED) is 0.477. The summed E-state index contributed by atoms with van der Waals surface area (Å²) in [5.74, 6) is 0.196. The highest BCUT2D eigenvalue weighted by molar-refractivity contribution is 7.89. The van der Waals surface area contributed by atoms with Crippen molar-refractivity contribution in [1.29, 1.82) is 0 Å². The molecule has 4 rings (SSSR count). The number of pyridine rings is 1. The normalized spacial score (nSPS) is 11.9. The number of imidazole rings is 1. The van der Waals surface area contributed by atoms with Crippen molar-refractivity contribution >= 4 is 27.4 Å². The Morgan fingerprint density at radius 2 is 1.62 bits per heavy atom. The van der Waals surface area contributed by atoms with Gasteiger partial charge in [0.25, 0.3) is 5.91 Å². The van der Waals surface area contributed by atoms with Crippen LogP contribution in [0.5, 0.6) is 0 Å². The van der Waals surface area contributed by atoms with E-state index < -0.39 is 10.0 Å². The highest BCUT2D eigenvalue weighted by Gasteiger charge is 2.23. The van der Waals surface area contributed by atoms with Crippen molar-refractivity contribution in [2.45, 2.75) is 24.8 Å². The van der Waals surface area contributed by atoms with Crippen LogP contribution in [-0.2, 0) is 10.0 Å². The molecule has 0 bridgehead atoms. The van der Waals surface area contributed by atoms with Gasteiger partial charge in [-0.2, -0.15) is 4.31 Å². The van der Waals surface area contributed by atoms with Gasteiger partial charge >= 0.3 is 0 Å². The Morgan fingerprint density at radius 1 is 0.969 bits per heavy atom. The van der Waals surface area contributed by atoms with Crippen molar-refractivity contribution in [1.82, 2.24) is 13.7 Å². The number of anilines is 1. The molecule has 1 amide bonds. The predicted molar refractivity (Wildman–Crippen MR) is 125 cm³/mol. The summed E-state index contributed by atoms with van der Waals surface area (Å²) >= 11 is 0. The maximum absolute atomic E-state index is 13.0. The zero-order valence-electron chi connectivity index (χ0n) is 18.1. The molecule has 164 valence electrons. The molecule has 2 heterocycles. The highest BCUT2D eigenvalue weighted by atomic mass is 32.2. The molecule has 0 fully saturated rings. The molecule has 7 nitrogen and oxygen atoms in total. The van der Waals surface area contributed by atoms with Crippen molar-refractivity contribution in [2.24, 2.45) is 0 Å². The van der Waals surface area contributed by atoms with Crippen LogP contribution in [0.2, 0.25) is 0 Å². The van der Waals surface area contributed by atoms with E-state index in [-0.39, 0.29) is 16.8 Å². The molecule has 2 aromatic heterocycles. The third kappa shape index (κ3) is 4.02. The number of rotatable bonds is 6. The van der Waals surface area contributed by atoms with Crippen molar-refractivity contribution in [3.05, 3.63) is 84.6 Å². The minimum absolute atomic E-state index is 0.144. The Morgan fingerprint density at radius 3 is 2.28 bits per heavy atom. The Kier molecular flexibility index (Phi) is 5.82. The second-order valence-electron chi connectivity index (χ2n) is 7.70. The fourth-order valence-electron chi connectivity index (χ4n) is 3.31. The number of hydrogen-bond donors (Lipinski definition) is 1. The van der Waals surface area contributed by atoms with Gasteiger partial charge in [0.1, 0.15) is 17.2 Å². The average Bonchev–Trinajstić information content (AvgIpc) is 3.17. The smallest absolute Gasteiger partial charge is 0.256 e. The molecule has 0 aliphatic heterocycles. The summed E-state index contributed by atoms with van der Waals surface area (Å²) in [5, 5.41) is 2.95. The van der Waals surface area contributed by atoms with E-state index in [1.165, 1.54) is 35.6 Å². The van der Waals surface area contributed by atoms with Crippen LogP contribution in [0.15, 0.2) is 83.9 Å². The molecule has 0 atom stereocenters. The van der Waals surface area contributed by atoms with Crippen LogP contribution in [-0.4, -0.2) is 41.1 Å². The van der Waals surface area contributed by atoms with Crippen LogP contribution in [0.4, 0.5) is 5.82 Å². The molecule has 0 saturated carbocycles. The maximum atomic E-state index is 13.0. The monoisotopic (exact) mass is 448 g/mol. The molecule has 0 unspecified atom stereocenters. The molecule has 2 aromatic carbocycles. The predicted octanol–water partition coefficient (Wildman–Crippen LogP) is 4.28. The van der Waals surface area contributed by atoms with Gasteiger partial charge in [0, 0.05) is 30.4 Å². The second kappa shape index (κ2) is 8.57. The molecule has 0 aliphatic carbocycles. The van der Waals surface area contributed by atoms with Crippen LogP contribution < -0.4 is 5.32 Å². The van der Waals surface area contributed by atoms with Gasteiger partial charge in [0.05, 0.1) is 4.90 Å². The maximum Gasteiger partial charge on any atom is 0.256 e. The molecular formula is C24H24N4O3S. The van der Waals surface area contributed by atoms with Crippen LogP contribution in [0, 0.1) is 0 Å². The first-order chi connectivity index (χ1) is 15.3. The van der Waals surface area contributed by atoms with Gasteiger partial charge in [-0.05, 0) is 50.2 Å². The molecular weight excluding hydrogens is 424 g/mol. The van der Waals surface area contributed by atoms with E-state index in [2.05, 4.69) is 10.3 Å². The van der Waals surface area contributed by atoms with E-state index in [1.54, 1.807) is 13.8 Å². The zero-order chi connectivity index (χ0) is 22.9. The Labute approximate surface area is 187 Å². The van der Waals surface area contributed by atoms with Gasteiger partial charge in [-0.1, -0.05) is 36.4 Å². The summed E-state index contributed by atoms with van der Waals surface area (Å²) in [6.07, 6.45) is 1.84. The molecule has 8 heteroatoms. The van der Waals surface area contributed by atoms with E-state index in [0.717, 1.165) is 5.56 Å². The molecule has 32 heavy (non-hydrogen) atoms. The van der Waals surface area contributed by atoms with Gasteiger partial charge in [0.15, 0.2) is 0 Å². The topological polar surface area (TPSA) is 83.8 Å². The molecule has 0 spiro atoms. The lowest BCUT2D eigenvalue weighted by atomic mass is 10.1. The number of hydrogen-bond acceptors (Lipinski definition) is 4. The number of nitrogens with one attached hydrogen (secondary N) is 1. The number of sulfonamides is 1. The summed E-state index contributed by atoms with van der Waals surface area (Å²) in [6.45, 7) is 3.61. The van der Waals surface area contributed by atoms with Gasteiger partial charge in [-0.3, -0.25) is 9.20 Å². The van der Waals surface area contributed by atoms with Crippen LogP contribution in [0.25, 0.3) is 16.9 Å². The van der Waals surface area contributed by atoms with Crippen LogP contribution in [0.3, 0.4) is 0 Å². The Bertz CT molecular complexity index is 1360. The lowest BCUT2D eigenvalue weighted by molar-refractivity contribution is 0.102. The van der Waals surface area contributed by atoms with Crippen molar-refractivity contribution < 1.29 is 13.2 Å². The number of amides is 1. The van der Waals surface area contributed by atoms with E-state index in [1.807, 2.05) is 59.1 Å². The summed E-state index contributed by atoms with van der Waals surface area (Å²) in [6, 6.07) is 21.0. The Hall–Kier alpha value is -3.49. The van der Waals surface area contributed by atoms with Crippen LogP contribution in [0.1, 0.15) is 24.2 Å². The van der Waals surface area contributed by atoms with E-state index >= 15 is 0 Å². The summed E-state index contributed by atoms with van der Waals surface area (Å²) in [4.78, 5) is 17.8. The number of fused-ring (bicyclic) bond motifs is 1. The van der Waals surface area contributed by atoms with E-state index in [4.69, 9.17) is 0 Å². The zero-order valence-corrected chi connectivity index (χ0v) is 18.9. The number of benzene rings is 2. The SMILES string of the molecule is CC(C)N(C)S(=O)(=O)c1ccc(C(=O)Nc2c(-c3ccccc3)nc3ccccn23)cc1. The van der Waals surface area contributed by atoms with E-state index in [0.29, 0.717) is 22.7 Å². The largest absolute Gasteiger partial charge is 0.306 e. The number of carbonyl (C=O) groups is 1. The molecule has 0 saturated heterocycles. The first kappa shape index (κ1) is 21.7. The number of carbonyl (C=O) groups excluding carboxylic acids is 1. The minimum atomic E-state index is -3.61. The highest BCUT2D eigenvalue weighted by Crippen LogP contribution is 2.29. The fraction of sp³-hybridized carbons (Fsp3) is 0.167. The summed E-state index contributed by atoms with van der Waals surface area (Å²) < 4.78 is 28.5. The molecule has 0 aliphatic rings. The molecule has 1 N–H and O–H groups in total. The lowest BCUT2D eigenvalue weighted by Gasteiger charge is -2.21. The number of nitrogens with zero attached hydrogens (tertiary/aromatic N) is 3. The number of aromatic nitrogens is 2. The second-order valence-corrected chi connectivity index (χ2v) is 9.69.